The van der Waals surface area contributed by atoms with Gasteiger partial charge in [-0.25, -0.2) is 0 Å². The molecular weight excluding hydrogens is 266 g/mol. The Balaban J connectivity index is 1.70. The molecule has 0 aliphatic carbocycles. The first-order chi connectivity index (χ1) is 10.1. The van der Waals surface area contributed by atoms with Crippen LogP contribution in [-0.2, 0) is 13.0 Å². The minimum Gasteiger partial charge on any atom is -0.421 e. The first-order valence-corrected chi connectivity index (χ1v) is 6.81. The third kappa shape index (κ3) is 2.94. The van der Waals surface area contributed by atoms with Crippen molar-refractivity contribution in [1.82, 2.24) is 20.0 Å². The maximum Gasteiger partial charge on any atom is 0.247 e. The van der Waals surface area contributed by atoms with E-state index in [0.717, 1.165) is 23.5 Å². The monoisotopic (exact) mass is 283 g/mol. The lowest BCUT2D eigenvalue weighted by Gasteiger charge is -2.01. The minimum atomic E-state index is 0.512. The van der Waals surface area contributed by atoms with Gasteiger partial charge in [0.15, 0.2) is 0 Å². The molecule has 0 spiro atoms. The van der Waals surface area contributed by atoms with Gasteiger partial charge in [-0.2, -0.15) is 5.10 Å². The van der Waals surface area contributed by atoms with Crippen molar-refractivity contribution < 1.29 is 4.42 Å². The van der Waals surface area contributed by atoms with Crippen LogP contribution in [0.3, 0.4) is 0 Å². The van der Waals surface area contributed by atoms with E-state index >= 15 is 0 Å². The van der Waals surface area contributed by atoms with Crippen LogP contribution < -0.4 is 5.73 Å². The summed E-state index contributed by atoms with van der Waals surface area (Å²) in [5, 5.41) is 12.6. The third-order valence-corrected chi connectivity index (χ3v) is 3.27. The van der Waals surface area contributed by atoms with E-state index < -0.39 is 0 Å². The Hall–Kier alpha value is -2.63. The van der Waals surface area contributed by atoms with Gasteiger partial charge in [0.25, 0.3) is 0 Å². The molecule has 0 aliphatic heterocycles. The second kappa shape index (κ2) is 5.40. The molecular formula is C15H17N5O. The van der Waals surface area contributed by atoms with Crippen molar-refractivity contribution in [3.05, 3.63) is 47.6 Å². The second-order valence-corrected chi connectivity index (χ2v) is 5.02. The molecule has 0 fully saturated rings. The summed E-state index contributed by atoms with van der Waals surface area (Å²) < 4.78 is 7.62. The highest BCUT2D eigenvalue weighted by molar-refractivity contribution is 5.56. The molecule has 0 amide bonds. The molecule has 0 radical (unpaired) electrons. The lowest BCUT2D eigenvalue weighted by Crippen LogP contribution is -2.05. The fourth-order valence-corrected chi connectivity index (χ4v) is 2.20. The van der Waals surface area contributed by atoms with Crippen molar-refractivity contribution in [3.63, 3.8) is 0 Å². The number of nitrogen functional groups attached to an aromatic ring is 1. The first kappa shape index (κ1) is 13.4. The van der Waals surface area contributed by atoms with Crippen LogP contribution in [0.25, 0.3) is 11.5 Å². The molecule has 0 saturated heterocycles. The highest BCUT2D eigenvalue weighted by atomic mass is 16.4. The first-order valence-electron chi connectivity index (χ1n) is 6.81. The summed E-state index contributed by atoms with van der Waals surface area (Å²) >= 11 is 0. The molecule has 2 aromatic heterocycles. The molecule has 6 heteroatoms. The zero-order chi connectivity index (χ0) is 14.8. The molecule has 3 rings (SSSR count). The summed E-state index contributed by atoms with van der Waals surface area (Å²) in [6, 6.07) is 9.42. The van der Waals surface area contributed by atoms with Gasteiger partial charge < -0.3 is 10.2 Å². The van der Waals surface area contributed by atoms with Crippen molar-refractivity contribution in [1.29, 1.82) is 0 Å². The van der Waals surface area contributed by atoms with Crippen LogP contribution in [0, 0.1) is 13.8 Å². The van der Waals surface area contributed by atoms with Crippen molar-refractivity contribution in [2.45, 2.75) is 26.8 Å². The van der Waals surface area contributed by atoms with Crippen LogP contribution in [0.15, 0.2) is 34.7 Å². The number of aryl methyl sites for hydroxylation is 4. The van der Waals surface area contributed by atoms with Crippen LogP contribution in [-0.4, -0.2) is 20.0 Å². The van der Waals surface area contributed by atoms with Gasteiger partial charge >= 0.3 is 0 Å². The summed E-state index contributed by atoms with van der Waals surface area (Å²) in [7, 11) is 0. The van der Waals surface area contributed by atoms with E-state index in [2.05, 4.69) is 15.3 Å². The van der Waals surface area contributed by atoms with E-state index in [9.17, 15) is 0 Å². The van der Waals surface area contributed by atoms with Gasteiger partial charge in [-0.15, -0.1) is 10.2 Å². The Morgan fingerprint density at radius 2 is 1.90 bits per heavy atom. The molecule has 2 heterocycles. The number of benzene rings is 1. The number of aromatic nitrogens is 4. The molecule has 0 aliphatic rings. The minimum absolute atomic E-state index is 0.512. The molecule has 2 N–H and O–H groups in total. The van der Waals surface area contributed by atoms with Crippen LogP contribution in [0.2, 0.25) is 0 Å². The fourth-order valence-electron chi connectivity index (χ4n) is 2.20. The second-order valence-electron chi connectivity index (χ2n) is 5.02. The van der Waals surface area contributed by atoms with Gasteiger partial charge in [0.1, 0.15) is 0 Å². The normalized spacial score (nSPS) is 11.0. The number of hydrogen-bond acceptors (Lipinski definition) is 5. The smallest absolute Gasteiger partial charge is 0.247 e. The summed E-state index contributed by atoms with van der Waals surface area (Å²) in [5.41, 5.74) is 9.39. The predicted molar refractivity (Wildman–Crippen MR) is 79.6 cm³/mol. The molecule has 21 heavy (non-hydrogen) atoms. The lowest BCUT2D eigenvalue weighted by atomic mass is 10.2. The lowest BCUT2D eigenvalue weighted by molar-refractivity contribution is 0.471. The maximum atomic E-state index is 5.67. The van der Waals surface area contributed by atoms with E-state index in [1.807, 2.05) is 48.9 Å². The quantitative estimate of drug-likeness (QED) is 0.743. The van der Waals surface area contributed by atoms with Gasteiger partial charge in [-0.05, 0) is 44.2 Å². The topological polar surface area (TPSA) is 82.8 Å². The summed E-state index contributed by atoms with van der Waals surface area (Å²) in [5.74, 6) is 1.12. The third-order valence-electron chi connectivity index (χ3n) is 3.27. The zero-order valence-corrected chi connectivity index (χ0v) is 12.1. The molecule has 0 saturated carbocycles. The molecule has 0 atom stereocenters. The van der Waals surface area contributed by atoms with E-state index in [4.69, 9.17) is 10.2 Å². The number of anilines is 1. The number of nitrogens with two attached hydrogens (primary N) is 1. The maximum absolute atomic E-state index is 5.67. The van der Waals surface area contributed by atoms with E-state index in [0.29, 0.717) is 23.9 Å². The molecule has 0 unspecified atom stereocenters. The average Bonchev–Trinajstić information content (AvgIpc) is 3.04. The van der Waals surface area contributed by atoms with Gasteiger partial charge in [0.2, 0.25) is 11.8 Å². The Morgan fingerprint density at radius 3 is 2.57 bits per heavy atom. The van der Waals surface area contributed by atoms with Gasteiger partial charge in [-0.3, -0.25) is 4.68 Å². The van der Waals surface area contributed by atoms with Gasteiger partial charge in [0, 0.05) is 29.9 Å². The van der Waals surface area contributed by atoms with Crippen LogP contribution in [0.5, 0.6) is 0 Å². The highest BCUT2D eigenvalue weighted by Crippen LogP contribution is 2.19. The average molecular weight is 283 g/mol. The Labute approximate surface area is 122 Å². The van der Waals surface area contributed by atoms with Crippen LogP contribution in [0.1, 0.15) is 17.3 Å². The van der Waals surface area contributed by atoms with Gasteiger partial charge in [-0.1, -0.05) is 0 Å². The Kier molecular flexibility index (Phi) is 3.43. The van der Waals surface area contributed by atoms with Crippen LogP contribution >= 0.6 is 0 Å². The van der Waals surface area contributed by atoms with Crippen molar-refractivity contribution >= 4 is 5.69 Å². The molecule has 3 aromatic rings. The van der Waals surface area contributed by atoms with E-state index in [1.54, 1.807) is 0 Å². The fraction of sp³-hybridized carbons (Fsp3) is 0.267. The van der Waals surface area contributed by atoms with Crippen molar-refractivity contribution in [3.8, 4) is 11.5 Å². The molecule has 0 bridgehead atoms. The predicted octanol–water partition coefficient (Wildman–Crippen LogP) is 2.37. The number of hydrogen-bond donors (Lipinski definition) is 1. The van der Waals surface area contributed by atoms with E-state index in [-0.39, 0.29) is 0 Å². The van der Waals surface area contributed by atoms with Crippen LogP contribution in [0.4, 0.5) is 5.69 Å². The SMILES string of the molecule is Cc1cc(C)n(CCc2nnc(-c3ccc(N)cc3)o2)n1. The zero-order valence-electron chi connectivity index (χ0n) is 12.1. The number of nitrogens with zero attached hydrogens (tertiary/aromatic N) is 4. The Morgan fingerprint density at radius 1 is 1.14 bits per heavy atom. The number of rotatable bonds is 4. The molecule has 108 valence electrons. The van der Waals surface area contributed by atoms with E-state index in [1.165, 1.54) is 0 Å². The van der Waals surface area contributed by atoms with Crippen molar-refractivity contribution in [2.75, 3.05) is 5.73 Å². The summed E-state index contributed by atoms with van der Waals surface area (Å²) in [6.07, 6.45) is 0.657. The van der Waals surface area contributed by atoms with Gasteiger partial charge in [0.05, 0.1) is 5.69 Å². The Bertz CT molecular complexity index is 742. The molecule has 6 nitrogen and oxygen atoms in total. The standard InChI is InChI=1S/C15H17N5O/c1-10-9-11(2)20(19-10)8-7-14-17-18-15(21-14)12-3-5-13(16)6-4-12/h3-6,9H,7-8,16H2,1-2H3. The summed E-state index contributed by atoms with van der Waals surface area (Å²) in [6.45, 7) is 4.74. The molecule has 1 aromatic carbocycles. The highest BCUT2D eigenvalue weighted by Gasteiger charge is 2.09. The summed E-state index contributed by atoms with van der Waals surface area (Å²) in [4.78, 5) is 0. The van der Waals surface area contributed by atoms with Crippen molar-refractivity contribution in [2.24, 2.45) is 0 Å². The largest absolute Gasteiger partial charge is 0.421 e.